The zero-order chi connectivity index (χ0) is 33.9. The molecule has 2 aromatic carbocycles. The number of nitrogens with zero attached hydrogens (tertiary/aromatic N) is 5. The van der Waals surface area contributed by atoms with Crippen LogP contribution in [-0.4, -0.2) is 55.1 Å². The molecule has 0 atom stereocenters. The van der Waals surface area contributed by atoms with Gasteiger partial charge in [0, 0.05) is 31.7 Å². The van der Waals surface area contributed by atoms with E-state index in [1.807, 2.05) is 22.8 Å². The molecular formula is C30H33F3N5O6S2+. The Kier molecular flexibility index (Phi) is 10.3. The molecule has 2 N–H and O–H groups in total. The van der Waals surface area contributed by atoms with Gasteiger partial charge in [0.05, 0.1) is 53.7 Å². The topological polar surface area (TPSA) is 148 Å². The molecule has 0 fully saturated rings. The van der Waals surface area contributed by atoms with Crippen molar-refractivity contribution in [3.05, 3.63) is 83.5 Å². The molecule has 246 valence electrons. The summed E-state index contributed by atoms with van der Waals surface area (Å²) in [7, 11) is -6.76. The van der Waals surface area contributed by atoms with Gasteiger partial charge >= 0.3 is 6.18 Å². The van der Waals surface area contributed by atoms with Crippen LogP contribution in [0.3, 0.4) is 0 Å². The van der Waals surface area contributed by atoms with Crippen molar-refractivity contribution in [3.63, 3.8) is 0 Å². The Balaban J connectivity index is 1.68. The molecule has 1 aromatic heterocycles. The summed E-state index contributed by atoms with van der Waals surface area (Å²) in [5, 5.41) is 9.42. The number of imidazole rings is 1. The maximum atomic E-state index is 13.5. The first-order valence-electron chi connectivity index (χ1n) is 14.2. The second kappa shape index (κ2) is 13.7. The molecule has 0 unspecified atom stereocenters. The van der Waals surface area contributed by atoms with E-state index in [9.17, 15) is 39.8 Å². The first-order valence-corrected chi connectivity index (χ1v) is 17.4. The summed E-state index contributed by atoms with van der Waals surface area (Å²) >= 11 is 0. The minimum atomic E-state index is -4.58. The number of alkyl halides is 3. The van der Waals surface area contributed by atoms with E-state index in [-0.39, 0.29) is 31.4 Å². The number of halogens is 3. The number of nitriles is 1. The molecule has 0 saturated carbocycles. The van der Waals surface area contributed by atoms with Gasteiger partial charge in [-0.25, -0.2) is 9.13 Å². The summed E-state index contributed by atoms with van der Waals surface area (Å²) in [6.07, 6.45) is 4.08. The van der Waals surface area contributed by atoms with Gasteiger partial charge in [-0.1, -0.05) is 18.2 Å². The number of rotatable bonds is 12. The van der Waals surface area contributed by atoms with Crippen molar-refractivity contribution in [1.82, 2.24) is 4.57 Å². The molecule has 11 nitrogen and oxygen atoms in total. The summed E-state index contributed by atoms with van der Waals surface area (Å²) in [4.78, 5) is 3.85. The van der Waals surface area contributed by atoms with E-state index in [0.717, 1.165) is 17.8 Å². The van der Waals surface area contributed by atoms with Gasteiger partial charge in [-0.05, 0) is 49.8 Å². The zero-order valence-corrected chi connectivity index (χ0v) is 26.6. The Morgan fingerprint density at radius 1 is 0.913 bits per heavy atom. The smallest absolute Gasteiger partial charge is 0.326 e. The quantitative estimate of drug-likeness (QED) is 0.158. The molecular weight excluding hydrogens is 647 g/mol. The van der Waals surface area contributed by atoms with Gasteiger partial charge in [0.1, 0.15) is 5.82 Å². The van der Waals surface area contributed by atoms with Crippen LogP contribution in [0.1, 0.15) is 36.7 Å². The second-order valence-corrected chi connectivity index (χ2v) is 13.7. The van der Waals surface area contributed by atoms with E-state index in [4.69, 9.17) is 4.55 Å². The van der Waals surface area contributed by atoms with E-state index in [2.05, 4.69) is 6.07 Å². The second-order valence-electron chi connectivity index (χ2n) is 10.5. The normalized spacial score (nSPS) is 15.1. The van der Waals surface area contributed by atoms with Crippen LogP contribution in [0.5, 0.6) is 0 Å². The largest absolute Gasteiger partial charge is 0.416 e. The van der Waals surface area contributed by atoms with E-state index in [1.54, 1.807) is 58.7 Å². The molecule has 2 heterocycles. The van der Waals surface area contributed by atoms with Gasteiger partial charge in [0.2, 0.25) is 0 Å². The predicted molar refractivity (Wildman–Crippen MR) is 168 cm³/mol. The number of aryl methyl sites for hydroxylation is 2. The van der Waals surface area contributed by atoms with Crippen LogP contribution in [-0.2, 0) is 40.0 Å². The third-order valence-electron chi connectivity index (χ3n) is 7.41. The average molecular weight is 681 g/mol. The highest BCUT2D eigenvalue weighted by Crippen LogP contribution is 2.42. The number of hydrogen-bond donors (Lipinski definition) is 2. The van der Waals surface area contributed by atoms with E-state index < -0.39 is 43.5 Å². The molecule has 16 heteroatoms. The van der Waals surface area contributed by atoms with Crippen LogP contribution in [0.15, 0.2) is 66.5 Å². The highest BCUT2D eigenvalue weighted by atomic mass is 32.2. The summed E-state index contributed by atoms with van der Waals surface area (Å²) in [5.74, 6) is 0.200. The average Bonchev–Trinajstić information content (AvgIpc) is 3.40. The van der Waals surface area contributed by atoms with Gasteiger partial charge in [0.15, 0.2) is 11.0 Å². The monoisotopic (exact) mass is 680 g/mol. The van der Waals surface area contributed by atoms with Crippen molar-refractivity contribution in [2.75, 3.05) is 34.4 Å². The highest BCUT2D eigenvalue weighted by Gasteiger charge is 2.33. The number of anilines is 2. The van der Waals surface area contributed by atoms with Crippen LogP contribution in [0.2, 0.25) is 0 Å². The lowest BCUT2D eigenvalue weighted by molar-refractivity contribution is -0.647. The summed E-state index contributed by atoms with van der Waals surface area (Å²) < 4.78 is 107. The molecule has 0 spiro atoms. The fraction of sp³-hybridized carbons (Fsp3) is 0.333. The summed E-state index contributed by atoms with van der Waals surface area (Å²) in [5.41, 5.74) is 1.85. The molecule has 4 rings (SSSR count). The fourth-order valence-electron chi connectivity index (χ4n) is 5.40. The lowest BCUT2D eigenvalue weighted by Gasteiger charge is -2.24. The van der Waals surface area contributed by atoms with Gasteiger partial charge in [0.25, 0.3) is 26.1 Å². The molecule has 1 aliphatic heterocycles. The number of fused-ring (bicyclic) bond motifs is 2. The fourth-order valence-corrected chi connectivity index (χ4v) is 6.39. The third kappa shape index (κ3) is 8.15. The van der Waals surface area contributed by atoms with E-state index >= 15 is 0 Å². The Morgan fingerprint density at radius 2 is 1.59 bits per heavy atom. The lowest BCUT2D eigenvalue weighted by Crippen LogP contribution is -2.31. The molecule has 0 radical (unpaired) electrons. The van der Waals surface area contributed by atoms with Crippen molar-refractivity contribution in [1.29, 1.82) is 5.26 Å². The molecule has 0 bridgehead atoms. The standard InChI is InChI=1S/C30H32F3N5O6S2/c1-3-36-25-13-11-22(21-34)19-26(25)38(16-8-18-46(42,43)44)29(36)10-6-4-5-9-28-35(2)24-14-12-23(30(31,32)33)20-27(24)37(28)15-7-17-45(39,40)41/h4-6,9-14,19-20H,3,7-8,15-18H2,1-2H3,(H-,39,40,41,42,43,44)/p+1. The maximum Gasteiger partial charge on any atom is 0.416 e. The Morgan fingerprint density at radius 3 is 2.20 bits per heavy atom. The van der Waals surface area contributed by atoms with Gasteiger partial charge in [-0.2, -0.15) is 35.3 Å². The molecule has 0 saturated heterocycles. The molecule has 0 amide bonds. The Hall–Kier alpha value is -4.17. The van der Waals surface area contributed by atoms with Crippen LogP contribution in [0, 0.1) is 11.3 Å². The Bertz CT molecular complexity index is 1980. The van der Waals surface area contributed by atoms with Crippen LogP contribution >= 0.6 is 0 Å². The molecule has 1 aliphatic rings. The van der Waals surface area contributed by atoms with Crippen molar-refractivity contribution >= 4 is 48.7 Å². The number of allylic oxidation sites excluding steroid dienone is 4. The van der Waals surface area contributed by atoms with E-state index in [1.165, 1.54) is 6.07 Å². The minimum absolute atomic E-state index is 0.0266. The molecule has 46 heavy (non-hydrogen) atoms. The number of hydrogen-bond acceptors (Lipinski definition) is 7. The van der Waals surface area contributed by atoms with Crippen LogP contribution in [0.25, 0.3) is 17.1 Å². The van der Waals surface area contributed by atoms with Crippen molar-refractivity contribution in [3.8, 4) is 6.07 Å². The maximum absolute atomic E-state index is 13.5. The van der Waals surface area contributed by atoms with E-state index in [0.29, 0.717) is 35.0 Å². The molecule has 3 aromatic rings. The first kappa shape index (κ1) is 34.7. The summed E-state index contributed by atoms with van der Waals surface area (Å²) in [6, 6.07) is 10.6. The minimum Gasteiger partial charge on any atom is -0.326 e. The summed E-state index contributed by atoms with van der Waals surface area (Å²) in [6.45, 7) is 2.76. The van der Waals surface area contributed by atoms with Crippen LogP contribution < -0.4 is 14.4 Å². The predicted octanol–water partition coefficient (Wildman–Crippen LogP) is 4.67. The SMILES string of the molecule is CCN1\C(=C/C=C/C=C/c2n(CCCS(=O)(=O)O)c3cc(C(F)(F)F)ccc3[n+]2C)N(CCCS(=O)(=O)O)c2cc(C#N)ccc21. The van der Waals surface area contributed by atoms with Gasteiger partial charge in [-0.3, -0.25) is 9.11 Å². The lowest BCUT2D eigenvalue weighted by atomic mass is 10.2. The first-order chi connectivity index (χ1) is 21.5. The molecule has 0 aliphatic carbocycles. The highest BCUT2D eigenvalue weighted by molar-refractivity contribution is 7.86. The van der Waals surface area contributed by atoms with Gasteiger partial charge < -0.3 is 9.80 Å². The zero-order valence-electron chi connectivity index (χ0n) is 25.0. The van der Waals surface area contributed by atoms with Crippen LogP contribution in [0.4, 0.5) is 24.5 Å². The third-order valence-corrected chi connectivity index (χ3v) is 9.02. The number of benzene rings is 2. The van der Waals surface area contributed by atoms with Crippen molar-refractivity contribution in [2.45, 2.75) is 32.5 Å². The van der Waals surface area contributed by atoms with Crippen molar-refractivity contribution < 1.29 is 43.7 Å². The van der Waals surface area contributed by atoms with Gasteiger partial charge in [-0.15, -0.1) is 0 Å². The van der Waals surface area contributed by atoms with Crippen molar-refractivity contribution in [2.24, 2.45) is 7.05 Å². The Labute approximate surface area is 265 Å². The number of aromatic nitrogens is 2.